The number of halogens is 1. The second-order valence-corrected chi connectivity index (χ2v) is 5.77. The Morgan fingerprint density at radius 3 is 2.55 bits per heavy atom. The molecule has 0 unspecified atom stereocenters. The Kier molecular flexibility index (Phi) is 3.64. The highest BCUT2D eigenvalue weighted by atomic mass is 35.5. The number of aromatic carboxylic acids is 1. The van der Waals surface area contributed by atoms with Crippen molar-refractivity contribution in [2.75, 3.05) is 4.72 Å². The second kappa shape index (κ2) is 5.10. The topological polar surface area (TPSA) is 114 Å². The molecule has 0 aromatic carbocycles. The van der Waals surface area contributed by atoms with Crippen LogP contribution in [-0.4, -0.2) is 34.3 Å². The summed E-state index contributed by atoms with van der Waals surface area (Å²) in [5.74, 6) is -1.20. The Balaban J connectivity index is 2.31. The molecular weight excluding hydrogens is 308 g/mol. The molecule has 0 saturated heterocycles. The molecule has 0 bridgehead atoms. The highest BCUT2D eigenvalue weighted by Crippen LogP contribution is 2.22. The highest BCUT2D eigenvalue weighted by molar-refractivity contribution is 7.92. The molecular formula is C10H9ClN4O4S. The van der Waals surface area contributed by atoms with Crippen LogP contribution in [0.4, 0.5) is 5.69 Å². The van der Waals surface area contributed by atoms with E-state index in [2.05, 4.69) is 14.8 Å². The van der Waals surface area contributed by atoms with E-state index in [0.717, 1.165) is 10.9 Å². The summed E-state index contributed by atoms with van der Waals surface area (Å²) in [6.07, 6.45) is 2.31. The van der Waals surface area contributed by atoms with Crippen LogP contribution in [0.5, 0.6) is 0 Å². The number of rotatable bonds is 4. The Bertz CT molecular complexity index is 735. The molecule has 0 fully saturated rings. The zero-order valence-electron chi connectivity index (χ0n) is 10.1. The van der Waals surface area contributed by atoms with Gasteiger partial charge >= 0.3 is 5.97 Å². The molecule has 2 N–H and O–H groups in total. The largest absolute Gasteiger partial charge is 0.477 e. The summed E-state index contributed by atoms with van der Waals surface area (Å²) in [5.41, 5.74) is -0.0706. The molecule has 0 aliphatic rings. The first-order valence-corrected chi connectivity index (χ1v) is 7.07. The molecule has 106 valence electrons. The van der Waals surface area contributed by atoms with Crippen LogP contribution in [0, 0.1) is 0 Å². The zero-order valence-corrected chi connectivity index (χ0v) is 11.7. The molecule has 0 amide bonds. The number of nitrogens with one attached hydrogen (secondary N) is 1. The van der Waals surface area contributed by atoms with E-state index in [4.69, 9.17) is 16.7 Å². The molecule has 10 heteroatoms. The maximum atomic E-state index is 12.1. The number of aromatic nitrogens is 3. The van der Waals surface area contributed by atoms with Gasteiger partial charge in [0.1, 0.15) is 5.69 Å². The van der Waals surface area contributed by atoms with Gasteiger partial charge < -0.3 is 5.11 Å². The Morgan fingerprint density at radius 2 is 2.10 bits per heavy atom. The molecule has 2 rings (SSSR count). The van der Waals surface area contributed by atoms with Gasteiger partial charge in [-0.3, -0.25) is 9.40 Å². The second-order valence-electron chi connectivity index (χ2n) is 3.76. The van der Waals surface area contributed by atoms with Gasteiger partial charge in [0.15, 0.2) is 5.03 Å². The van der Waals surface area contributed by atoms with Crippen molar-refractivity contribution in [3.8, 4) is 0 Å². The van der Waals surface area contributed by atoms with Crippen molar-refractivity contribution in [2.45, 2.75) is 5.03 Å². The molecule has 2 aromatic rings. The minimum absolute atomic E-state index is 0.0184. The summed E-state index contributed by atoms with van der Waals surface area (Å²) in [6.45, 7) is 0. The van der Waals surface area contributed by atoms with Crippen LogP contribution in [0.25, 0.3) is 0 Å². The van der Waals surface area contributed by atoms with Crippen LogP contribution in [0.2, 0.25) is 5.02 Å². The van der Waals surface area contributed by atoms with Gasteiger partial charge in [-0.2, -0.15) is 13.5 Å². The summed E-state index contributed by atoms with van der Waals surface area (Å²) in [7, 11) is -2.50. The fourth-order valence-electron chi connectivity index (χ4n) is 1.49. The first-order chi connectivity index (χ1) is 9.31. The van der Waals surface area contributed by atoms with Gasteiger partial charge in [0.05, 0.1) is 23.1 Å². The molecule has 8 nitrogen and oxygen atoms in total. The molecule has 0 saturated carbocycles. The van der Waals surface area contributed by atoms with E-state index in [1.807, 2.05) is 0 Å². The van der Waals surface area contributed by atoms with Crippen molar-refractivity contribution < 1.29 is 18.3 Å². The van der Waals surface area contributed by atoms with E-state index in [-0.39, 0.29) is 21.4 Å². The SMILES string of the molecule is Cn1ncc(Cl)c1S(=O)(=O)Nc1ccc(C(=O)O)nc1. The third-order valence-electron chi connectivity index (χ3n) is 2.33. The fraction of sp³-hybridized carbons (Fsp3) is 0.100. The number of aryl methyl sites for hydroxylation is 1. The van der Waals surface area contributed by atoms with E-state index >= 15 is 0 Å². The van der Waals surface area contributed by atoms with Crippen LogP contribution >= 0.6 is 11.6 Å². The quantitative estimate of drug-likeness (QED) is 0.868. The number of nitrogens with zero attached hydrogens (tertiary/aromatic N) is 3. The lowest BCUT2D eigenvalue weighted by Gasteiger charge is -2.08. The molecule has 0 atom stereocenters. The van der Waals surface area contributed by atoms with Crippen molar-refractivity contribution in [1.82, 2.24) is 14.8 Å². The van der Waals surface area contributed by atoms with Crippen LogP contribution in [0.15, 0.2) is 29.6 Å². The summed E-state index contributed by atoms with van der Waals surface area (Å²) in [4.78, 5) is 14.2. The van der Waals surface area contributed by atoms with Gasteiger partial charge in [-0.1, -0.05) is 11.6 Å². The number of hydrogen-bond acceptors (Lipinski definition) is 5. The number of hydrogen-bond donors (Lipinski definition) is 2. The standard InChI is InChI=1S/C10H9ClN4O4S/c1-15-9(7(11)5-13-15)20(18,19)14-6-2-3-8(10(16)17)12-4-6/h2-5,14H,1H3,(H,16,17). The summed E-state index contributed by atoms with van der Waals surface area (Å²) in [6, 6.07) is 2.48. The summed E-state index contributed by atoms with van der Waals surface area (Å²) >= 11 is 5.77. The normalized spacial score (nSPS) is 11.3. The van der Waals surface area contributed by atoms with E-state index in [0.29, 0.717) is 0 Å². The third kappa shape index (κ3) is 2.73. The van der Waals surface area contributed by atoms with Crippen molar-refractivity contribution >= 4 is 33.3 Å². The van der Waals surface area contributed by atoms with Gasteiger partial charge in [0.2, 0.25) is 0 Å². The van der Waals surface area contributed by atoms with Crippen molar-refractivity contribution in [3.63, 3.8) is 0 Å². The Labute approximate surface area is 119 Å². The maximum absolute atomic E-state index is 12.1. The average Bonchev–Trinajstić information content (AvgIpc) is 2.69. The monoisotopic (exact) mass is 316 g/mol. The summed E-state index contributed by atoms with van der Waals surface area (Å²) < 4.78 is 27.6. The highest BCUT2D eigenvalue weighted by Gasteiger charge is 2.23. The van der Waals surface area contributed by atoms with Gasteiger partial charge in [-0.15, -0.1) is 0 Å². The molecule has 0 aliphatic carbocycles. The summed E-state index contributed by atoms with van der Waals surface area (Å²) in [5, 5.41) is 12.2. The molecule has 0 aliphatic heterocycles. The van der Waals surface area contributed by atoms with Gasteiger partial charge in [-0.25, -0.2) is 9.78 Å². The van der Waals surface area contributed by atoms with Crippen LogP contribution in [0.3, 0.4) is 0 Å². The van der Waals surface area contributed by atoms with Gasteiger partial charge in [0.25, 0.3) is 10.0 Å². The number of carbonyl (C=O) groups is 1. The van der Waals surface area contributed by atoms with E-state index in [9.17, 15) is 13.2 Å². The molecule has 20 heavy (non-hydrogen) atoms. The number of sulfonamides is 1. The maximum Gasteiger partial charge on any atom is 0.354 e. The molecule has 0 spiro atoms. The van der Waals surface area contributed by atoms with E-state index < -0.39 is 16.0 Å². The van der Waals surface area contributed by atoms with Crippen LogP contribution in [0.1, 0.15) is 10.5 Å². The van der Waals surface area contributed by atoms with Crippen molar-refractivity contribution in [1.29, 1.82) is 0 Å². The Hall–Kier alpha value is -2.13. The smallest absolute Gasteiger partial charge is 0.354 e. The first-order valence-electron chi connectivity index (χ1n) is 5.21. The van der Waals surface area contributed by atoms with Crippen molar-refractivity contribution in [2.24, 2.45) is 7.05 Å². The fourth-order valence-corrected chi connectivity index (χ4v) is 3.19. The van der Waals surface area contributed by atoms with E-state index in [1.54, 1.807) is 0 Å². The van der Waals surface area contributed by atoms with Crippen LogP contribution in [-0.2, 0) is 17.1 Å². The Morgan fingerprint density at radius 1 is 1.40 bits per heavy atom. The lowest BCUT2D eigenvalue weighted by Crippen LogP contribution is -2.17. The van der Waals surface area contributed by atoms with Crippen molar-refractivity contribution in [3.05, 3.63) is 35.2 Å². The van der Waals surface area contributed by atoms with Gasteiger partial charge in [0, 0.05) is 7.05 Å². The minimum atomic E-state index is -3.93. The first kappa shape index (κ1) is 14.3. The predicted octanol–water partition coefficient (Wildman–Crippen LogP) is 0.968. The molecule has 2 aromatic heterocycles. The minimum Gasteiger partial charge on any atom is -0.477 e. The van der Waals surface area contributed by atoms with Gasteiger partial charge in [-0.05, 0) is 12.1 Å². The average molecular weight is 317 g/mol. The predicted molar refractivity (Wildman–Crippen MR) is 70.2 cm³/mol. The third-order valence-corrected chi connectivity index (χ3v) is 4.22. The van der Waals surface area contributed by atoms with E-state index in [1.165, 1.54) is 25.4 Å². The number of pyridine rings is 1. The lowest BCUT2D eigenvalue weighted by atomic mass is 10.3. The van der Waals surface area contributed by atoms with Crippen LogP contribution < -0.4 is 4.72 Å². The lowest BCUT2D eigenvalue weighted by molar-refractivity contribution is 0.0690. The molecule has 2 heterocycles. The number of anilines is 1. The number of carboxylic acids is 1. The zero-order chi connectivity index (χ0) is 14.9. The number of carboxylic acid groups (broad SMARTS) is 1. The molecule has 0 radical (unpaired) electrons.